The standard InChI is InChI=1S/C14H17NO2S/c1-9(2)18-8-12-7-11-6-10(14(16)17)4-5-13(11)15(12)3/h4-7,9H,8H2,1-3H3,(H,16,17). The maximum atomic E-state index is 10.9. The van der Waals surface area contributed by atoms with Crippen molar-refractivity contribution in [3.8, 4) is 0 Å². The van der Waals surface area contributed by atoms with Crippen molar-refractivity contribution in [2.24, 2.45) is 7.05 Å². The van der Waals surface area contributed by atoms with Crippen LogP contribution in [0.1, 0.15) is 29.9 Å². The van der Waals surface area contributed by atoms with Crippen molar-refractivity contribution in [1.82, 2.24) is 4.57 Å². The Kier molecular flexibility index (Phi) is 3.66. The highest BCUT2D eigenvalue weighted by Crippen LogP contribution is 2.24. The van der Waals surface area contributed by atoms with Crippen LogP contribution in [0.4, 0.5) is 0 Å². The molecule has 0 saturated carbocycles. The lowest BCUT2D eigenvalue weighted by atomic mass is 10.1. The maximum absolute atomic E-state index is 10.9. The minimum Gasteiger partial charge on any atom is -0.478 e. The van der Waals surface area contributed by atoms with Gasteiger partial charge in [0.2, 0.25) is 0 Å². The first-order chi connectivity index (χ1) is 8.49. The number of hydrogen-bond acceptors (Lipinski definition) is 2. The lowest BCUT2D eigenvalue weighted by molar-refractivity contribution is 0.0697. The van der Waals surface area contributed by atoms with E-state index in [1.807, 2.05) is 24.9 Å². The van der Waals surface area contributed by atoms with Gasteiger partial charge in [-0.1, -0.05) is 13.8 Å². The Balaban J connectivity index is 2.39. The van der Waals surface area contributed by atoms with Gasteiger partial charge in [-0.2, -0.15) is 11.8 Å². The zero-order valence-electron chi connectivity index (χ0n) is 10.8. The molecule has 1 N–H and O–H groups in total. The van der Waals surface area contributed by atoms with Gasteiger partial charge in [0.15, 0.2) is 0 Å². The van der Waals surface area contributed by atoms with Gasteiger partial charge in [-0.25, -0.2) is 4.79 Å². The Morgan fingerprint density at radius 2 is 2.11 bits per heavy atom. The number of carboxylic acids is 1. The summed E-state index contributed by atoms with van der Waals surface area (Å²) in [5.74, 6) is 0.0736. The van der Waals surface area contributed by atoms with Gasteiger partial charge in [0.1, 0.15) is 0 Å². The van der Waals surface area contributed by atoms with E-state index in [1.165, 1.54) is 5.69 Å². The van der Waals surface area contributed by atoms with E-state index in [2.05, 4.69) is 24.5 Å². The maximum Gasteiger partial charge on any atom is 0.335 e. The average molecular weight is 263 g/mol. The van der Waals surface area contributed by atoms with Gasteiger partial charge in [-0.05, 0) is 29.5 Å². The molecule has 96 valence electrons. The topological polar surface area (TPSA) is 42.2 Å². The number of aromatic carboxylic acids is 1. The number of carbonyl (C=O) groups is 1. The van der Waals surface area contributed by atoms with Crippen molar-refractivity contribution < 1.29 is 9.90 Å². The molecule has 0 aliphatic rings. The first-order valence-electron chi connectivity index (χ1n) is 5.92. The zero-order valence-corrected chi connectivity index (χ0v) is 11.6. The van der Waals surface area contributed by atoms with E-state index < -0.39 is 5.97 Å². The van der Waals surface area contributed by atoms with Crippen molar-refractivity contribution in [2.75, 3.05) is 0 Å². The summed E-state index contributed by atoms with van der Waals surface area (Å²) in [6, 6.07) is 7.35. The summed E-state index contributed by atoms with van der Waals surface area (Å²) >= 11 is 1.89. The number of rotatable bonds is 4. The number of aromatic nitrogens is 1. The van der Waals surface area contributed by atoms with Gasteiger partial charge >= 0.3 is 5.97 Å². The molecule has 0 aliphatic heterocycles. The summed E-state index contributed by atoms with van der Waals surface area (Å²) in [6.45, 7) is 4.35. The van der Waals surface area contributed by atoms with Crippen LogP contribution in [0, 0.1) is 0 Å². The highest BCUT2D eigenvalue weighted by Gasteiger charge is 2.09. The fourth-order valence-corrected chi connectivity index (χ4v) is 2.71. The van der Waals surface area contributed by atoms with Gasteiger partial charge < -0.3 is 9.67 Å². The Morgan fingerprint density at radius 1 is 1.39 bits per heavy atom. The lowest BCUT2D eigenvalue weighted by Gasteiger charge is -2.06. The molecule has 0 bridgehead atoms. The SMILES string of the molecule is CC(C)SCc1cc2cc(C(=O)O)ccc2n1C. The number of nitrogens with zero attached hydrogens (tertiary/aromatic N) is 1. The van der Waals surface area contributed by atoms with E-state index in [0.717, 1.165) is 16.7 Å². The summed E-state index contributed by atoms with van der Waals surface area (Å²) in [4.78, 5) is 10.9. The van der Waals surface area contributed by atoms with Crippen LogP contribution in [0.25, 0.3) is 10.9 Å². The van der Waals surface area contributed by atoms with Crippen LogP contribution in [0.5, 0.6) is 0 Å². The molecule has 0 atom stereocenters. The normalized spacial score (nSPS) is 11.3. The summed E-state index contributed by atoms with van der Waals surface area (Å²) in [5.41, 5.74) is 2.65. The molecular formula is C14H17NO2S. The summed E-state index contributed by atoms with van der Waals surface area (Å²) in [7, 11) is 2.03. The van der Waals surface area contributed by atoms with Gasteiger partial charge in [0, 0.05) is 29.4 Å². The molecule has 18 heavy (non-hydrogen) atoms. The lowest BCUT2D eigenvalue weighted by Crippen LogP contribution is -1.97. The van der Waals surface area contributed by atoms with E-state index in [1.54, 1.807) is 12.1 Å². The number of benzene rings is 1. The largest absolute Gasteiger partial charge is 0.478 e. The van der Waals surface area contributed by atoms with Crippen LogP contribution in [-0.2, 0) is 12.8 Å². The third-order valence-electron chi connectivity index (χ3n) is 2.95. The average Bonchev–Trinajstić information content (AvgIpc) is 2.63. The molecule has 0 radical (unpaired) electrons. The first-order valence-corrected chi connectivity index (χ1v) is 6.97. The molecule has 0 amide bonds. The fourth-order valence-electron chi connectivity index (χ4n) is 1.93. The zero-order chi connectivity index (χ0) is 13.3. The molecule has 1 aromatic heterocycles. The Labute approximate surface area is 111 Å². The first kappa shape index (κ1) is 13.0. The van der Waals surface area contributed by atoms with Crippen LogP contribution < -0.4 is 0 Å². The van der Waals surface area contributed by atoms with Gasteiger partial charge in [0.25, 0.3) is 0 Å². The predicted octanol–water partition coefficient (Wildman–Crippen LogP) is 3.52. The minimum atomic E-state index is -0.876. The number of thioether (sulfide) groups is 1. The summed E-state index contributed by atoms with van der Waals surface area (Å²) < 4.78 is 2.14. The van der Waals surface area contributed by atoms with Gasteiger partial charge in [-0.3, -0.25) is 0 Å². The molecule has 1 aromatic carbocycles. The van der Waals surface area contributed by atoms with Crippen LogP contribution in [-0.4, -0.2) is 20.9 Å². The summed E-state index contributed by atoms with van der Waals surface area (Å²) in [5, 5.41) is 10.6. The van der Waals surface area contributed by atoms with E-state index in [0.29, 0.717) is 10.8 Å². The molecule has 2 rings (SSSR count). The molecule has 3 nitrogen and oxygen atoms in total. The molecule has 0 aliphatic carbocycles. The molecule has 0 unspecified atom stereocenters. The van der Waals surface area contributed by atoms with Gasteiger partial charge in [-0.15, -0.1) is 0 Å². The third kappa shape index (κ3) is 2.53. The van der Waals surface area contributed by atoms with Crippen molar-refractivity contribution in [3.63, 3.8) is 0 Å². The smallest absolute Gasteiger partial charge is 0.335 e. The van der Waals surface area contributed by atoms with Crippen molar-refractivity contribution in [1.29, 1.82) is 0 Å². The van der Waals surface area contributed by atoms with E-state index >= 15 is 0 Å². The Hall–Kier alpha value is -1.42. The number of fused-ring (bicyclic) bond motifs is 1. The predicted molar refractivity (Wildman–Crippen MR) is 76.3 cm³/mol. The molecule has 1 heterocycles. The second-order valence-corrected chi connectivity index (χ2v) is 6.20. The van der Waals surface area contributed by atoms with Crippen LogP contribution in [0.15, 0.2) is 24.3 Å². The minimum absolute atomic E-state index is 0.344. The molecule has 0 fully saturated rings. The molecule has 4 heteroatoms. The van der Waals surface area contributed by atoms with Crippen molar-refractivity contribution in [2.45, 2.75) is 24.9 Å². The number of carboxylic acid groups (broad SMARTS) is 1. The molecule has 0 saturated heterocycles. The van der Waals surface area contributed by atoms with Crippen LogP contribution >= 0.6 is 11.8 Å². The molecule has 0 spiro atoms. The number of hydrogen-bond donors (Lipinski definition) is 1. The second kappa shape index (κ2) is 5.06. The monoisotopic (exact) mass is 263 g/mol. The summed E-state index contributed by atoms with van der Waals surface area (Å²) in [6.07, 6.45) is 0. The molecular weight excluding hydrogens is 246 g/mol. The van der Waals surface area contributed by atoms with Crippen LogP contribution in [0.3, 0.4) is 0 Å². The van der Waals surface area contributed by atoms with Crippen LogP contribution in [0.2, 0.25) is 0 Å². The van der Waals surface area contributed by atoms with Gasteiger partial charge in [0.05, 0.1) is 5.56 Å². The van der Waals surface area contributed by atoms with Crippen molar-refractivity contribution in [3.05, 3.63) is 35.5 Å². The quantitative estimate of drug-likeness (QED) is 0.917. The fraction of sp³-hybridized carbons (Fsp3) is 0.357. The highest BCUT2D eigenvalue weighted by atomic mass is 32.2. The third-order valence-corrected chi connectivity index (χ3v) is 4.08. The molecule has 2 aromatic rings. The van der Waals surface area contributed by atoms with Crippen molar-refractivity contribution >= 4 is 28.6 Å². The Bertz CT molecular complexity index is 587. The Morgan fingerprint density at radius 3 is 2.72 bits per heavy atom. The van der Waals surface area contributed by atoms with E-state index in [-0.39, 0.29) is 0 Å². The highest BCUT2D eigenvalue weighted by molar-refractivity contribution is 7.99. The number of aryl methyl sites for hydroxylation is 1. The van der Waals surface area contributed by atoms with E-state index in [4.69, 9.17) is 5.11 Å². The van der Waals surface area contributed by atoms with E-state index in [9.17, 15) is 4.79 Å². The second-order valence-electron chi connectivity index (χ2n) is 4.63.